The largest absolute Gasteiger partial charge is 0.482 e. The predicted molar refractivity (Wildman–Crippen MR) is 85.9 cm³/mol. The van der Waals surface area contributed by atoms with Gasteiger partial charge in [-0.3, -0.25) is 4.90 Å². The quantitative estimate of drug-likeness (QED) is 0.812. The van der Waals surface area contributed by atoms with Crippen molar-refractivity contribution < 1.29 is 14.3 Å². The summed E-state index contributed by atoms with van der Waals surface area (Å²) in [6.07, 6.45) is 0. The summed E-state index contributed by atoms with van der Waals surface area (Å²) in [4.78, 5) is 13.7. The number of benzene rings is 1. The fraction of sp³-hybridized carbons (Fsp3) is 0.588. The molecule has 5 heteroatoms. The van der Waals surface area contributed by atoms with Gasteiger partial charge in [0.05, 0.1) is 6.61 Å². The van der Waals surface area contributed by atoms with E-state index in [4.69, 9.17) is 9.47 Å². The van der Waals surface area contributed by atoms with Gasteiger partial charge < -0.3 is 14.8 Å². The van der Waals surface area contributed by atoms with Gasteiger partial charge in [0.2, 0.25) is 0 Å². The normalized spacial score (nSPS) is 22.3. The summed E-state index contributed by atoms with van der Waals surface area (Å²) >= 11 is 0. The van der Waals surface area contributed by atoms with E-state index >= 15 is 0 Å². The summed E-state index contributed by atoms with van der Waals surface area (Å²) in [5.41, 5.74) is 1.25. The molecule has 0 radical (unpaired) electrons. The first-order valence-electron chi connectivity index (χ1n) is 7.93. The second-order valence-electron chi connectivity index (χ2n) is 5.83. The molecule has 0 bridgehead atoms. The molecule has 1 aliphatic heterocycles. The smallest absolute Gasteiger partial charge is 0.344 e. The average molecular weight is 306 g/mol. The molecule has 0 amide bonds. The highest BCUT2D eigenvalue weighted by molar-refractivity contribution is 5.71. The van der Waals surface area contributed by atoms with Crippen molar-refractivity contribution in [3.63, 3.8) is 0 Å². The number of carbonyl (C=O) groups excluding carboxylic acids is 1. The molecule has 0 spiro atoms. The molecule has 2 atom stereocenters. The van der Waals surface area contributed by atoms with Crippen LogP contribution in [0.15, 0.2) is 24.3 Å². The Bertz CT molecular complexity index is 475. The summed E-state index contributed by atoms with van der Waals surface area (Å²) < 4.78 is 10.2. The van der Waals surface area contributed by atoms with Gasteiger partial charge in [0.15, 0.2) is 6.61 Å². The van der Waals surface area contributed by atoms with Crippen LogP contribution in [-0.4, -0.2) is 49.3 Å². The number of ether oxygens (including phenoxy) is 2. The lowest BCUT2D eigenvalue weighted by Crippen LogP contribution is -2.53. The van der Waals surface area contributed by atoms with E-state index in [1.807, 2.05) is 12.1 Å². The van der Waals surface area contributed by atoms with E-state index in [1.165, 1.54) is 5.56 Å². The van der Waals surface area contributed by atoms with Gasteiger partial charge in [0.25, 0.3) is 0 Å². The number of rotatable bonds is 6. The molecule has 122 valence electrons. The fourth-order valence-corrected chi connectivity index (χ4v) is 2.59. The molecular formula is C17H26N2O3. The van der Waals surface area contributed by atoms with Crippen LogP contribution in [0.1, 0.15) is 26.3 Å². The van der Waals surface area contributed by atoms with Crippen LogP contribution >= 0.6 is 0 Å². The zero-order valence-electron chi connectivity index (χ0n) is 13.7. The molecule has 1 aromatic carbocycles. The van der Waals surface area contributed by atoms with E-state index in [0.717, 1.165) is 19.6 Å². The number of piperazine rings is 1. The number of nitrogens with one attached hydrogen (secondary N) is 1. The fourth-order valence-electron chi connectivity index (χ4n) is 2.59. The Morgan fingerprint density at radius 1 is 1.32 bits per heavy atom. The molecule has 1 aliphatic rings. The predicted octanol–water partition coefficient (Wildman–Crippen LogP) is 1.81. The minimum absolute atomic E-state index is 0.0421. The van der Waals surface area contributed by atoms with Gasteiger partial charge in [-0.2, -0.15) is 0 Å². The van der Waals surface area contributed by atoms with Crippen molar-refractivity contribution in [2.24, 2.45) is 0 Å². The lowest BCUT2D eigenvalue weighted by molar-refractivity contribution is -0.145. The molecular weight excluding hydrogens is 280 g/mol. The highest BCUT2D eigenvalue weighted by atomic mass is 16.6. The second kappa shape index (κ2) is 8.15. The molecule has 2 rings (SSSR count). The minimum atomic E-state index is -0.338. The number of hydrogen-bond acceptors (Lipinski definition) is 5. The number of esters is 1. The molecule has 1 N–H and O–H groups in total. The maximum absolute atomic E-state index is 11.3. The van der Waals surface area contributed by atoms with E-state index in [9.17, 15) is 4.79 Å². The molecule has 1 fully saturated rings. The Hall–Kier alpha value is -1.59. The summed E-state index contributed by atoms with van der Waals surface area (Å²) in [5.74, 6) is 0.355. The molecule has 2 unspecified atom stereocenters. The first kappa shape index (κ1) is 16.8. The van der Waals surface area contributed by atoms with Gasteiger partial charge in [0.1, 0.15) is 5.75 Å². The molecule has 22 heavy (non-hydrogen) atoms. The Morgan fingerprint density at radius 3 is 2.73 bits per heavy atom. The van der Waals surface area contributed by atoms with Crippen LogP contribution in [0.3, 0.4) is 0 Å². The molecule has 0 saturated carbocycles. The maximum atomic E-state index is 11.3. The first-order valence-corrected chi connectivity index (χ1v) is 7.93. The molecule has 0 aromatic heterocycles. The number of hydrogen-bond donors (Lipinski definition) is 1. The third-order valence-corrected chi connectivity index (χ3v) is 3.86. The minimum Gasteiger partial charge on any atom is -0.482 e. The van der Waals surface area contributed by atoms with Gasteiger partial charge >= 0.3 is 5.97 Å². The molecule has 1 saturated heterocycles. The molecule has 1 aromatic rings. The average Bonchev–Trinajstić information content (AvgIpc) is 2.50. The maximum Gasteiger partial charge on any atom is 0.344 e. The van der Waals surface area contributed by atoms with Crippen LogP contribution < -0.4 is 10.1 Å². The van der Waals surface area contributed by atoms with Crippen molar-refractivity contribution >= 4 is 5.97 Å². The van der Waals surface area contributed by atoms with Crippen LogP contribution in [-0.2, 0) is 16.1 Å². The van der Waals surface area contributed by atoms with E-state index in [0.29, 0.717) is 24.4 Å². The van der Waals surface area contributed by atoms with E-state index in [-0.39, 0.29) is 12.6 Å². The van der Waals surface area contributed by atoms with E-state index < -0.39 is 0 Å². The van der Waals surface area contributed by atoms with Crippen molar-refractivity contribution in [3.8, 4) is 5.75 Å². The SMILES string of the molecule is CCOC(=O)COc1ccc(CN2CC(C)NCC2C)cc1. The highest BCUT2D eigenvalue weighted by Crippen LogP contribution is 2.16. The Balaban J connectivity index is 1.84. The summed E-state index contributed by atoms with van der Waals surface area (Å²) in [6, 6.07) is 8.99. The van der Waals surface area contributed by atoms with Crippen LogP contribution in [0, 0.1) is 0 Å². The van der Waals surface area contributed by atoms with Crippen LogP contribution in [0.4, 0.5) is 0 Å². The van der Waals surface area contributed by atoms with Crippen LogP contribution in [0.5, 0.6) is 5.75 Å². The van der Waals surface area contributed by atoms with Gasteiger partial charge in [-0.25, -0.2) is 4.79 Å². The van der Waals surface area contributed by atoms with Crippen molar-refractivity contribution in [2.75, 3.05) is 26.3 Å². The van der Waals surface area contributed by atoms with Crippen LogP contribution in [0.25, 0.3) is 0 Å². The van der Waals surface area contributed by atoms with Crippen molar-refractivity contribution in [3.05, 3.63) is 29.8 Å². The lowest BCUT2D eigenvalue weighted by atomic mass is 10.1. The highest BCUT2D eigenvalue weighted by Gasteiger charge is 2.22. The monoisotopic (exact) mass is 306 g/mol. The molecule has 1 heterocycles. The van der Waals surface area contributed by atoms with Gasteiger partial charge in [0, 0.05) is 31.7 Å². The second-order valence-corrected chi connectivity index (χ2v) is 5.83. The molecule has 5 nitrogen and oxygen atoms in total. The number of nitrogens with zero attached hydrogens (tertiary/aromatic N) is 1. The number of carbonyl (C=O) groups is 1. The zero-order valence-corrected chi connectivity index (χ0v) is 13.7. The third-order valence-electron chi connectivity index (χ3n) is 3.86. The summed E-state index contributed by atoms with van der Waals surface area (Å²) in [6.45, 7) is 9.60. The standard InChI is InChI=1S/C17H26N2O3/c1-4-21-17(20)12-22-16-7-5-15(6-8-16)11-19-10-13(2)18-9-14(19)3/h5-8,13-14,18H,4,9-12H2,1-3H3. The van der Waals surface area contributed by atoms with Gasteiger partial charge in [-0.15, -0.1) is 0 Å². The molecule has 0 aliphatic carbocycles. The topological polar surface area (TPSA) is 50.8 Å². The summed E-state index contributed by atoms with van der Waals surface area (Å²) in [5, 5.41) is 3.49. The first-order chi connectivity index (χ1) is 10.6. The Kier molecular flexibility index (Phi) is 6.21. The van der Waals surface area contributed by atoms with Crippen molar-refractivity contribution in [2.45, 2.75) is 39.4 Å². The summed E-state index contributed by atoms with van der Waals surface area (Å²) in [7, 11) is 0. The van der Waals surface area contributed by atoms with E-state index in [2.05, 4.69) is 36.2 Å². The third kappa shape index (κ3) is 5.00. The van der Waals surface area contributed by atoms with Gasteiger partial charge in [-0.05, 0) is 38.5 Å². The van der Waals surface area contributed by atoms with E-state index in [1.54, 1.807) is 6.92 Å². The lowest BCUT2D eigenvalue weighted by Gasteiger charge is -2.37. The zero-order chi connectivity index (χ0) is 15.9. The van der Waals surface area contributed by atoms with Crippen LogP contribution in [0.2, 0.25) is 0 Å². The Morgan fingerprint density at radius 2 is 2.05 bits per heavy atom. The van der Waals surface area contributed by atoms with Gasteiger partial charge in [-0.1, -0.05) is 12.1 Å². The van der Waals surface area contributed by atoms with Crippen molar-refractivity contribution in [1.29, 1.82) is 0 Å². The van der Waals surface area contributed by atoms with Crippen molar-refractivity contribution in [1.82, 2.24) is 10.2 Å². The Labute approximate surface area is 132 Å².